The van der Waals surface area contributed by atoms with Gasteiger partial charge in [-0.3, -0.25) is 0 Å². The van der Waals surface area contributed by atoms with Gasteiger partial charge in [0.1, 0.15) is 22.4 Å². The summed E-state index contributed by atoms with van der Waals surface area (Å²) in [6, 6.07) is 4.73. The molecular formula is C12H8BrF3N2O2. The first kappa shape index (κ1) is 14.6. The Morgan fingerprint density at radius 2 is 1.90 bits per heavy atom. The summed E-state index contributed by atoms with van der Waals surface area (Å²) >= 11 is 3.14. The number of nitrogens with zero attached hydrogens (tertiary/aromatic N) is 2. The lowest BCUT2D eigenvalue weighted by Gasteiger charge is -2.13. The van der Waals surface area contributed by atoms with Crippen molar-refractivity contribution in [2.75, 3.05) is 7.11 Å². The van der Waals surface area contributed by atoms with Crippen LogP contribution in [0, 0.1) is 0 Å². The van der Waals surface area contributed by atoms with Gasteiger partial charge in [0.15, 0.2) is 0 Å². The SMILES string of the molecule is COc1cc(Oc2cc(Br)ncn2)ccc1C(F)(F)F. The monoisotopic (exact) mass is 348 g/mol. The first-order chi connectivity index (χ1) is 9.40. The Morgan fingerprint density at radius 1 is 1.15 bits per heavy atom. The molecule has 0 fully saturated rings. The second-order valence-corrected chi connectivity index (χ2v) is 4.45. The molecule has 0 aliphatic carbocycles. The predicted molar refractivity (Wildman–Crippen MR) is 67.8 cm³/mol. The highest BCUT2D eigenvalue weighted by Gasteiger charge is 2.34. The molecule has 1 heterocycles. The molecule has 0 atom stereocenters. The van der Waals surface area contributed by atoms with Crippen molar-refractivity contribution >= 4 is 15.9 Å². The standard InChI is InChI=1S/C12H8BrF3N2O2/c1-19-9-4-7(2-3-8(9)12(14,15)16)20-11-5-10(13)17-6-18-11/h2-6H,1H3. The average Bonchev–Trinajstić information content (AvgIpc) is 2.37. The van der Waals surface area contributed by atoms with Crippen LogP contribution in [-0.4, -0.2) is 17.1 Å². The van der Waals surface area contributed by atoms with Gasteiger partial charge in [-0.25, -0.2) is 9.97 Å². The fourth-order valence-electron chi connectivity index (χ4n) is 1.46. The zero-order chi connectivity index (χ0) is 14.8. The molecule has 8 heteroatoms. The smallest absolute Gasteiger partial charge is 0.419 e. The van der Waals surface area contributed by atoms with E-state index in [0.717, 1.165) is 19.2 Å². The van der Waals surface area contributed by atoms with Crippen LogP contribution in [-0.2, 0) is 6.18 Å². The van der Waals surface area contributed by atoms with Crippen molar-refractivity contribution in [3.05, 3.63) is 40.8 Å². The third kappa shape index (κ3) is 3.38. The van der Waals surface area contributed by atoms with E-state index in [1.54, 1.807) is 0 Å². The van der Waals surface area contributed by atoms with Crippen molar-refractivity contribution < 1.29 is 22.6 Å². The Hall–Kier alpha value is -1.83. The number of aromatic nitrogens is 2. The largest absolute Gasteiger partial charge is 0.496 e. The van der Waals surface area contributed by atoms with Crippen molar-refractivity contribution in [3.8, 4) is 17.4 Å². The van der Waals surface area contributed by atoms with Crippen molar-refractivity contribution in [1.82, 2.24) is 9.97 Å². The molecule has 106 valence electrons. The third-order valence-electron chi connectivity index (χ3n) is 2.31. The first-order valence-corrected chi connectivity index (χ1v) is 6.10. The van der Waals surface area contributed by atoms with E-state index < -0.39 is 11.7 Å². The van der Waals surface area contributed by atoms with Gasteiger partial charge >= 0.3 is 6.18 Å². The number of alkyl halides is 3. The Balaban J connectivity index is 2.30. The molecule has 2 aromatic rings. The lowest BCUT2D eigenvalue weighted by Crippen LogP contribution is -2.07. The number of halogens is 4. The molecule has 1 aromatic carbocycles. The molecule has 2 rings (SSSR count). The van der Waals surface area contributed by atoms with E-state index >= 15 is 0 Å². The van der Waals surface area contributed by atoms with Gasteiger partial charge in [-0.05, 0) is 28.1 Å². The normalized spacial score (nSPS) is 11.2. The highest BCUT2D eigenvalue weighted by atomic mass is 79.9. The van der Waals surface area contributed by atoms with Crippen LogP contribution in [0.4, 0.5) is 13.2 Å². The van der Waals surface area contributed by atoms with Gasteiger partial charge in [-0.2, -0.15) is 13.2 Å². The Morgan fingerprint density at radius 3 is 2.50 bits per heavy atom. The van der Waals surface area contributed by atoms with Crippen LogP contribution in [0.1, 0.15) is 5.56 Å². The molecule has 0 unspecified atom stereocenters. The Kier molecular flexibility index (Phi) is 4.12. The van der Waals surface area contributed by atoms with E-state index in [0.29, 0.717) is 4.60 Å². The highest BCUT2D eigenvalue weighted by molar-refractivity contribution is 9.10. The molecule has 0 radical (unpaired) electrons. The van der Waals surface area contributed by atoms with Crippen LogP contribution >= 0.6 is 15.9 Å². The highest BCUT2D eigenvalue weighted by Crippen LogP contribution is 2.38. The fourth-order valence-corrected chi connectivity index (χ4v) is 1.75. The number of methoxy groups -OCH3 is 1. The minimum atomic E-state index is -4.48. The van der Waals surface area contributed by atoms with Gasteiger partial charge in [0, 0.05) is 12.1 Å². The molecule has 0 spiro atoms. The molecular weight excluding hydrogens is 341 g/mol. The summed E-state index contributed by atoms with van der Waals surface area (Å²) in [4.78, 5) is 7.65. The summed E-state index contributed by atoms with van der Waals surface area (Å²) in [6.45, 7) is 0. The van der Waals surface area contributed by atoms with Crippen LogP contribution in [0.2, 0.25) is 0 Å². The van der Waals surface area contributed by atoms with Crippen LogP contribution in [0.25, 0.3) is 0 Å². The number of hydrogen-bond donors (Lipinski definition) is 0. The van der Waals surface area contributed by atoms with Crippen LogP contribution in [0.15, 0.2) is 35.2 Å². The predicted octanol–water partition coefficient (Wildman–Crippen LogP) is 4.06. The van der Waals surface area contributed by atoms with E-state index in [1.807, 2.05) is 0 Å². The van der Waals surface area contributed by atoms with Gasteiger partial charge in [-0.1, -0.05) is 0 Å². The third-order valence-corrected chi connectivity index (χ3v) is 2.74. The summed E-state index contributed by atoms with van der Waals surface area (Å²) in [6.07, 6.45) is -3.22. The van der Waals surface area contributed by atoms with Crippen LogP contribution < -0.4 is 9.47 Å². The summed E-state index contributed by atoms with van der Waals surface area (Å²) < 4.78 is 48.7. The maximum atomic E-state index is 12.7. The number of hydrogen-bond acceptors (Lipinski definition) is 4. The summed E-state index contributed by atoms with van der Waals surface area (Å²) in [5.41, 5.74) is -0.865. The zero-order valence-corrected chi connectivity index (χ0v) is 11.7. The van der Waals surface area contributed by atoms with Crippen LogP contribution in [0.5, 0.6) is 17.4 Å². The van der Waals surface area contributed by atoms with E-state index in [1.165, 1.54) is 18.5 Å². The maximum absolute atomic E-state index is 12.7. The van der Waals surface area contributed by atoms with E-state index in [2.05, 4.69) is 25.9 Å². The van der Waals surface area contributed by atoms with Crippen molar-refractivity contribution in [3.63, 3.8) is 0 Å². The number of benzene rings is 1. The minimum Gasteiger partial charge on any atom is -0.496 e. The lowest BCUT2D eigenvalue weighted by molar-refractivity contribution is -0.138. The summed E-state index contributed by atoms with van der Waals surface area (Å²) in [5, 5.41) is 0. The Labute approximate surface area is 120 Å². The summed E-state index contributed by atoms with van der Waals surface area (Å²) in [7, 11) is 1.16. The van der Waals surface area contributed by atoms with Gasteiger partial charge in [0.25, 0.3) is 0 Å². The lowest BCUT2D eigenvalue weighted by atomic mass is 10.2. The van der Waals surface area contributed by atoms with Gasteiger partial charge < -0.3 is 9.47 Å². The van der Waals surface area contributed by atoms with Gasteiger partial charge in [0.2, 0.25) is 5.88 Å². The molecule has 0 aliphatic rings. The quantitative estimate of drug-likeness (QED) is 0.784. The Bertz CT molecular complexity index is 620. The minimum absolute atomic E-state index is 0.181. The van der Waals surface area contributed by atoms with E-state index in [4.69, 9.17) is 9.47 Å². The molecule has 0 aliphatic heterocycles. The maximum Gasteiger partial charge on any atom is 0.419 e. The van der Waals surface area contributed by atoms with Crippen LogP contribution in [0.3, 0.4) is 0 Å². The first-order valence-electron chi connectivity index (χ1n) is 5.31. The fraction of sp³-hybridized carbons (Fsp3) is 0.167. The molecule has 0 saturated carbocycles. The zero-order valence-electron chi connectivity index (χ0n) is 10.1. The molecule has 1 aromatic heterocycles. The van der Waals surface area contributed by atoms with Gasteiger partial charge in [0.05, 0.1) is 12.7 Å². The number of rotatable bonds is 3. The topological polar surface area (TPSA) is 44.2 Å². The number of ether oxygens (including phenoxy) is 2. The van der Waals surface area contributed by atoms with E-state index in [9.17, 15) is 13.2 Å². The van der Waals surface area contributed by atoms with E-state index in [-0.39, 0.29) is 17.4 Å². The molecule has 0 saturated heterocycles. The molecule has 0 amide bonds. The van der Waals surface area contributed by atoms with Crippen molar-refractivity contribution in [2.24, 2.45) is 0 Å². The molecule has 4 nitrogen and oxygen atoms in total. The second-order valence-electron chi connectivity index (χ2n) is 3.64. The van der Waals surface area contributed by atoms with Crippen molar-refractivity contribution in [2.45, 2.75) is 6.18 Å². The molecule has 0 bridgehead atoms. The van der Waals surface area contributed by atoms with Crippen molar-refractivity contribution in [1.29, 1.82) is 0 Å². The molecule has 20 heavy (non-hydrogen) atoms. The van der Waals surface area contributed by atoms with Gasteiger partial charge in [-0.15, -0.1) is 0 Å². The second kappa shape index (κ2) is 5.66. The average molecular weight is 349 g/mol. The molecule has 0 N–H and O–H groups in total. The summed E-state index contributed by atoms with van der Waals surface area (Å²) in [5.74, 6) is 0.0669.